The van der Waals surface area contributed by atoms with Crippen molar-refractivity contribution in [3.8, 4) is 6.07 Å². The number of esters is 2. The standard InChI is InChI=1S/C17H20N2O5/c1-4-23-16(21)15(17(22)24-5-2)19(12(3)20)11-14-8-6-13(10-18)7-9-14/h6-9,15H,4-5,11H2,1-3H3. The summed E-state index contributed by atoms with van der Waals surface area (Å²) in [4.78, 5) is 37.4. The van der Waals surface area contributed by atoms with Gasteiger partial charge >= 0.3 is 11.9 Å². The first-order valence-corrected chi connectivity index (χ1v) is 7.54. The molecule has 7 nitrogen and oxygen atoms in total. The summed E-state index contributed by atoms with van der Waals surface area (Å²) in [6.45, 7) is 4.66. The molecule has 0 aliphatic heterocycles. The predicted octanol–water partition coefficient (Wildman–Crippen LogP) is 1.40. The number of nitrogens with zero attached hydrogens (tertiary/aromatic N) is 2. The third kappa shape index (κ3) is 5.09. The first-order chi connectivity index (χ1) is 11.4. The van der Waals surface area contributed by atoms with Gasteiger partial charge in [0.15, 0.2) is 0 Å². The van der Waals surface area contributed by atoms with Crippen LogP contribution in [-0.4, -0.2) is 42.0 Å². The van der Waals surface area contributed by atoms with E-state index in [9.17, 15) is 14.4 Å². The van der Waals surface area contributed by atoms with Crippen LogP contribution in [0, 0.1) is 11.3 Å². The van der Waals surface area contributed by atoms with Gasteiger partial charge < -0.3 is 14.4 Å². The third-order valence-corrected chi connectivity index (χ3v) is 3.17. The molecule has 0 fully saturated rings. The quantitative estimate of drug-likeness (QED) is 0.553. The van der Waals surface area contributed by atoms with E-state index in [0.717, 1.165) is 4.90 Å². The molecular weight excluding hydrogens is 312 g/mol. The Kier molecular flexibility index (Phi) is 7.43. The van der Waals surface area contributed by atoms with Gasteiger partial charge in [-0.05, 0) is 31.5 Å². The minimum Gasteiger partial charge on any atom is -0.464 e. The summed E-state index contributed by atoms with van der Waals surface area (Å²) in [7, 11) is 0. The smallest absolute Gasteiger partial charge is 0.340 e. The maximum atomic E-state index is 12.1. The molecule has 0 aromatic heterocycles. The monoisotopic (exact) mass is 332 g/mol. The van der Waals surface area contributed by atoms with Crippen molar-refractivity contribution in [3.05, 3.63) is 35.4 Å². The average Bonchev–Trinajstić information content (AvgIpc) is 2.55. The van der Waals surface area contributed by atoms with Gasteiger partial charge in [-0.3, -0.25) is 4.79 Å². The molecule has 1 aromatic carbocycles. The van der Waals surface area contributed by atoms with E-state index < -0.39 is 23.9 Å². The molecule has 1 aromatic rings. The number of hydrogen-bond acceptors (Lipinski definition) is 6. The highest BCUT2D eigenvalue weighted by Crippen LogP contribution is 2.13. The Bertz CT molecular complexity index is 615. The lowest BCUT2D eigenvalue weighted by molar-refractivity contribution is -0.167. The fourth-order valence-electron chi connectivity index (χ4n) is 2.06. The second kappa shape index (κ2) is 9.30. The molecule has 0 N–H and O–H groups in total. The van der Waals surface area contributed by atoms with Gasteiger partial charge in [0.1, 0.15) is 0 Å². The SMILES string of the molecule is CCOC(=O)C(C(=O)OCC)N(Cc1ccc(C#N)cc1)C(C)=O. The lowest BCUT2D eigenvalue weighted by Gasteiger charge is -2.27. The van der Waals surface area contributed by atoms with Crippen LogP contribution in [0.2, 0.25) is 0 Å². The highest BCUT2D eigenvalue weighted by atomic mass is 16.6. The van der Waals surface area contributed by atoms with E-state index in [1.807, 2.05) is 6.07 Å². The Hall–Kier alpha value is -2.88. The van der Waals surface area contributed by atoms with Gasteiger partial charge in [-0.1, -0.05) is 12.1 Å². The van der Waals surface area contributed by atoms with Crippen molar-refractivity contribution in [1.82, 2.24) is 4.90 Å². The van der Waals surface area contributed by atoms with Crippen LogP contribution in [0.25, 0.3) is 0 Å². The number of ether oxygens (including phenoxy) is 2. The van der Waals surface area contributed by atoms with Crippen LogP contribution in [0.3, 0.4) is 0 Å². The zero-order valence-electron chi connectivity index (χ0n) is 13.9. The Morgan fingerprint density at radius 3 is 1.96 bits per heavy atom. The minimum absolute atomic E-state index is 0.0172. The van der Waals surface area contributed by atoms with Crippen LogP contribution >= 0.6 is 0 Å². The topological polar surface area (TPSA) is 96.7 Å². The molecule has 128 valence electrons. The molecule has 0 radical (unpaired) electrons. The Morgan fingerprint density at radius 2 is 1.58 bits per heavy atom. The molecule has 1 rings (SSSR count). The maximum absolute atomic E-state index is 12.1. The number of benzene rings is 1. The van der Waals surface area contributed by atoms with E-state index in [1.165, 1.54) is 6.92 Å². The highest BCUT2D eigenvalue weighted by molar-refractivity contribution is 6.02. The van der Waals surface area contributed by atoms with E-state index in [0.29, 0.717) is 11.1 Å². The summed E-state index contributed by atoms with van der Waals surface area (Å²) >= 11 is 0. The second-order valence-electron chi connectivity index (χ2n) is 4.86. The van der Waals surface area contributed by atoms with Crippen LogP contribution in [0.15, 0.2) is 24.3 Å². The lowest BCUT2D eigenvalue weighted by atomic mass is 10.1. The Morgan fingerprint density at radius 1 is 1.08 bits per heavy atom. The van der Waals surface area contributed by atoms with Gasteiger partial charge in [0, 0.05) is 13.5 Å². The summed E-state index contributed by atoms with van der Waals surface area (Å²) in [6.07, 6.45) is 0. The number of nitriles is 1. The summed E-state index contributed by atoms with van der Waals surface area (Å²) in [5.74, 6) is -2.13. The fourth-order valence-corrected chi connectivity index (χ4v) is 2.06. The highest BCUT2D eigenvalue weighted by Gasteiger charge is 2.37. The molecule has 1 amide bonds. The average molecular weight is 332 g/mol. The summed E-state index contributed by atoms with van der Waals surface area (Å²) in [6, 6.07) is 7.03. The van der Waals surface area contributed by atoms with E-state index >= 15 is 0 Å². The van der Waals surface area contributed by atoms with Crippen LogP contribution in [0.1, 0.15) is 31.9 Å². The lowest BCUT2D eigenvalue weighted by Crippen LogP contribution is -2.50. The van der Waals surface area contributed by atoms with Gasteiger partial charge in [-0.25, -0.2) is 9.59 Å². The van der Waals surface area contributed by atoms with E-state index in [2.05, 4.69) is 0 Å². The van der Waals surface area contributed by atoms with Crippen molar-refractivity contribution in [2.24, 2.45) is 0 Å². The van der Waals surface area contributed by atoms with Crippen LogP contribution < -0.4 is 0 Å². The molecule has 0 saturated heterocycles. The zero-order chi connectivity index (χ0) is 18.1. The van der Waals surface area contributed by atoms with Crippen molar-refractivity contribution >= 4 is 17.8 Å². The second-order valence-corrected chi connectivity index (χ2v) is 4.86. The van der Waals surface area contributed by atoms with Gasteiger partial charge in [0.05, 0.1) is 24.8 Å². The summed E-state index contributed by atoms with van der Waals surface area (Å²) in [5, 5.41) is 8.81. The van der Waals surface area contributed by atoms with Crippen LogP contribution in [-0.2, 0) is 30.4 Å². The molecule has 0 saturated carbocycles. The van der Waals surface area contributed by atoms with Crippen molar-refractivity contribution in [3.63, 3.8) is 0 Å². The third-order valence-electron chi connectivity index (χ3n) is 3.17. The van der Waals surface area contributed by atoms with Crippen LogP contribution in [0.4, 0.5) is 0 Å². The van der Waals surface area contributed by atoms with E-state index in [-0.39, 0.29) is 19.8 Å². The van der Waals surface area contributed by atoms with Crippen LogP contribution in [0.5, 0.6) is 0 Å². The number of carbonyl (C=O) groups is 3. The van der Waals surface area contributed by atoms with Gasteiger partial charge in [0.25, 0.3) is 0 Å². The largest absolute Gasteiger partial charge is 0.464 e. The Labute approximate surface area is 140 Å². The molecule has 0 atom stereocenters. The molecule has 0 bridgehead atoms. The first-order valence-electron chi connectivity index (χ1n) is 7.54. The van der Waals surface area contributed by atoms with Crippen molar-refractivity contribution in [2.45, 2.75) is 33.4 Å². The fraction of sp³-hybridized carbons (Fsp3) is 0.412. The van der Waals surface area contributed by atoms with Gasteiger partial charge in [-0.15, -0.1) is 0 Å². The van der Waals surface area contributed by atoms with Crippen molar-refractivity contribution in [1.29, 1.82) is 5.26 Å². The molecule has 0 unspecified atom stereocenters. The molecule has 0 aliphatic rings. The number of rotatable bonds is 7. The number of amides is 1. The molecule has 7 heteroatoms. The van der Waals surface area contributed by atoms with Gasteiger partial charge in [-0.2, -0.15) is 5.26 Å². The molecule has 24 heavy (non-hydrogen) atoms. The van der Waals surface area contributed by atoms with Crippen molar-refractivity contribution in [2.75, 3.05) is 13.2 Å². The zero-order valence-corrected chi connectivity index (χ0v) is 13.9. The minimum atomic E-state index is -1.46. The van der Waals surface area contributed by atoms with Crippen molar-refractivity contribution < 1.29 is 23.9 Å². The molecule has 0 aliphatic carbocycles. The predicted molar refractivity (Wildman–Crippen MR) is 84.4 cm³/mol. The van der Waals surface area contributed by atoms with E-state index in [1.54, 1.807) is 38.1 Å². The molecule has 0 heterocycles. The number of carbonyl (C=O) groups excluding carboxylic acids is 3. The normalized spacial score (nSPS) is 9.96. The number of hydrogen-bond donors (Lipinski definition) is 0. The first kappa shape index (κ1) is 19.2. The molecule has 0 spiro atoms. The van der Waals surface area contributed by atoms with E-state index in [4.69, 9.17) is 14.7 Å². The maximum Gasteiger partial charge on any atom is 0.340 e. The Balaban J connectivity index is 3.10. The van der Waals surface area contributed by atoms with Gasteiger partial charge in [0.2, 0.25) is 11.9 Å². The summed E-state index contributed by atoms with van der Waals surface area (Å²) < 4.78 is 9.80. The molecular formula is C17H20N2O5. The summed E-state index contributed by atoms with van der Waals surface area (Å²) in [5.41, 5.74) is 1.14.